The van der Waals surface area contributed by atoms with Crippen LogP contribution in [0.1, 0.15) is 0 Å². The van der Waals surface area contributed by atoms with Crippen LogP contribution in [0, 0.1) is 0 Å². The van der Waals surface area contributed by atoms with Gasteiger partial charge in [0, 0.05) is 10.8 Å². The van der Waals surface area contributed by atoms with Crippen molar-refractivity contribution in [2.45, 2.75) is 0 Å². The van der Waals surface area contributed by atoms with Crippen LogP contribution in [0.4, 0.5) is 0 Å². The Morgan fingerprint density at radius 1 is 0.485 bits per heavy atom. The summed E-state index contributed by atoms with van der Waals surface area (Å²) in [5.74, 6) is 0.722. The van der Waals surface area contributed by atoms with Crippen LogP contribution in [0.25, 0.3) is 54.6 Å². The van der Waals surface area contributed by atoms with Crippen molar-refractivity contribution in [1.82, 2.24) is 0 Å². The first-order chi connectivity index (χ1) is 16.3. The summed E-state index contributed by atoms with van der Waals surface area (Å²) in [5, 5.41) is 16.2. The van der Waals surface area contributed by atoms with E-state index < -0.39 is 0 Å². The minimum atomic E-state index is -0.354. The number of hydrogen-bond donors (Lipinski definition) is 1. The predicted octanol–water partition coefficient (Wildman–Crippen LogP) is 7.12. The number of rotatable bonds is 4. The van der Waals surface area contributed by atoms with E-state index in [1.165, 1.54) is 27.5 Å². The average Bonchev–Trinajstić information content (AvgIpc) is 2.89. The Labute approximate surface area is 193 Å². The van der Waals surface area contributed by atoms with Crippen molar-refractivity contribution in [3.05, 3.63) is 115 Å². The lowest BCUT2D eigenvalue weighted by atomic mass is 9.90. The van der Waals surface area contributed by atoms with Gasteiger partial charge < -0.3 is 9.68 Å². The first-order valence-electron chi connectivity index (χ1n) is 11.1. The highest BCUT2D eigenvalue weighted by atomic mass is 16.5. The van der Waals surface area contributed by atoms with Crippen molar-refractivity contribution in [3.63, 3.8) is 0 Å². The summed E-state index contributed by atoms with van der Waals surface area (Å²) in [6.07, 6.45) is 0. The number of benzene rings is 6. The summed E-state index contributed by atoms with van der Waals surface area (Å²) in [6, 6.07) is 40.3. The first-order valence-corrected chi connectivity index (χ1v) is 11.1. The summed E-state index contributed by atoms with van der Waals surface area (Å²) in [7, 11) is -0.354. The van der Waals surface area contributed by atoms with E-state index in [9.17, 15) is 5.02 Å². The molecule has 0 spiro atoms. The van der Waals surface area contributed by atoms with Gasteiger partial charge >= 0.3 is 7.69 Å². The van der Waals surface area contributed by atoms with Gasteiger partial charge in [-0.2, -0.15) is 0 Å². The third kappa shape index (κ3) is 3.26. The van der Waals surface area contributed by atoms with Crippen molar-refractivity contribution in [1.29, 1.82) is 0 Å². The maximum Gasteiger partial charge on any atom is 0.504 e. The normalized spacial score (nSPS) is 11.2. The predicted molar refractivity (Wildman–Crippen MR) is 140 cm³/mol. The maximum atomic E-state index is 9.52. The molecule has 0 aliphatic carbocycles. The second kappa shape index (κ2) is 8.12. The SMILES string of the molecule is OBOc1c2ccccc2c(-c2ccc(-c3cccc4ccccc34)cc2)c2ccccc12. The molecule has 0 saturated carbocycles. The van der Waals surface area contributed by atoms with Crippen molar-refractivity contribution in [2.24, 2.45) is 0 Å². The van der Waals surface area contributed by atoms with Crippen LogP contribution in [0.3, 0.4) is 0 Å². The van der Waals surface area contributed by atoms with E-state index in [0.717, 1.165) is 32.9 Å². The van der Waals surface area contributed by atoms with Crippen LogP contribution in [0.2, 0.25) is 0 Å². The molecular formula is C30H21BO2. The van der Waals surface area contributed by atoms with Crippen LogP contribution in [-0.2, 0) is 0 Å². The first kappa shape index (κ1) is 19.6. The molecule has 0 saturated heterocycles. The van der Waals surface area contributed by atoms with Crippen LogP contribution >= 0.6 is 0 Å². The van der Waals surface area contributed by atoms with Gasteiger partial charge in [-0.25, -0.2) is 0 Å². The Bertz CT molecular complexity index is 1560. The smallest absolute Gasteiger partial charge is 0.504 e. The standard InChI is InChI=1S/C30H21BO2/c32-31-33-30-27-13-5-3-11-25(27)29(26-12-4-6-14-28(26)30)22-18-16-21(17-19-22)24-15-7-9-20-8-1-2-10-23(20)24/h1-19,31-32H. The van der Waals surface area contributed by atoms with E-state index in [-0.39, 0.29) is 7.69 Å². The van der Waals surface area contributed by atoms with Crippen molar-refractivity contribution in [2.75, 3.05) is 0 Å². The summed E-state index contributed by atoms with van der Waals surface area (Å²) in [5.41, 5.74) is 4.77. The van der Waals surface area contributed by atoms with Crippen LogP contribution in [-0.4, -0.2) is 12.7 Å². The molecule has 6 rings (SSSR count). The maximum absolute atomic E-state index is 9.52. The molecule has 3 heteroatoms. The van der Waals surface area contributed by atoms with Gasteiger partial charge in [-0.05, 0) is 43.8 Å². The quantitative estimate of drug-likeness (QED) is 0.241. The van der Waals surface area contributed by atoms with E-state index in [0.29, 0.717) is 0 Å². The zero-order valence-electron chi connectivity index (χ0n) is 18.0. The van der Waals surface area contributed by atoms with Gasteiger partial charge in [-0.3, -0.25) is 0 Å². The van der Waals surface area contributed by atoms with Crippen LogP contribution in [0.5, 0.6) is 5.75 Å². The fourth-order valence-corrected chi connectivity index (χ4v) is 4.91. The van der Waals surface area contributed by atoms with Gasteiger partial charge in [0.1, 0.15) is 5.75 Å². The molecule has 0 atom stereocenters. The molecule has 0 amide bonds. The molecule has 6 aromatic rings. The van der Waals surface area contributed by atoms with Crippen molar-refractivity contribution >= 4 is 40.0 Å². The highest BCUT2D eigenvalue weighted by Crippen LogP contribution is 2.43. The molecule has 0 aliphatic rings. The molecule has 0 aliphatic heterocycles. The van der Waals surface area contributed by atoms with Crippen LogP contribution in [0.15, 0.2) is 115 Å². The lowest BCUT2D eigenvalue weighted by molar-refractivity contribution is 0.459. The molecule has 33 heavy (non-hydrogen) atoms. The van der Waals surface area contributed by atoms with E-state index in [1.54, 1.807) is 0 Å². The Hall–Kier alpha value is -4.08. The number of fused-ring (bicyclic) bond motifs is 3. The Morgan fingerprint density at radius 3 is 1.64 bits per heavy atom. The molecule has 2 nitrogen and oxygen atoms in total. The minimum Gasteiger partial charge on any atom is -0.538 e. The van der Waals surface area contributed by atoms with Gasteiger partial charge in [0.05, 0.1) is 0 Å². The topological polar surface area (TPSA) is 29.5 Å². The second-order valence-corrected chi connectivity index (χ2v) is 8.17. The van der Waals surface area contributed by atoms with Gasteiger partial charge in [0.2, 0.25) is 0 Å². The van der Waals surface area contributed by atoms with Crippen LogP contribution < -0.4 is 4.65 Å². The Morgan fingerprint density at radius 2 is 1.00 bits per heavy atom. The lowest BCUT2D eigenvalue weighted by Gasteiger charge is -2.17. The molecule has 1 N–H and O–H groups in total. The summed E-state index contributed by atoms with van der Waals surface area (Å²) in [4.78, 5) is 0. The average molecular weight is 424 g/mol. The molecular weight excluding hydrogens is 403 g/mol. The zero-order valence-corrected chi connectivity index (χ0v) is 18.0. The minimum absolute atomic E-state index is 0.354. The lowest BCUT2D eigenvalue weighted by Crippen LogP contribution is -2.02. The van der Waals surface area contributed by atoms with Gasteiger partial charge in [0.25, 0.3) is 0 Å². The molecule has 0 fully saturated rings. The van der Waals surface area contributed by atoms with Gasteiger partial charge in [-0.1, -0.05) is 115 Å². The second-order valence-electron chi connectivity index (χ2n) is 8.17. The largest absolute Gasteiger partial charge is 0.538 e. The van der Waals surface area contributed by atoms with E-state index in [2.05, 4.69) is 91.0 Å². The molecule has 0 heterocycles. The van der Waals surface area contributed by atoms with Gasteiger partial charge in [0.15, 0.2) is 0 Å². The van der Waals surface area contributed by atoms with Crippen molar-refractivity contribution in [3.8, 4) is 28.0 Å². The summed E-state index contributed by atoms with van der Waals surface area (Å²) >= 11 is 0. The monoisotopic (exact) mass is 424 g/mol. The highest BCUT2D eigenvalue weighted by molar-refractivity contribution is 6.22. The van der Waals surface area contributed by atoms with E-state index >= 15 is 0 Å². The summed E-state index contributed by atoms with van der Waals surface area (Å²) in [6.45, 7) is 0. The summed E-state index contributed by atoms with van der Waals surface area (Å²) < 4.78 is 5.70. The van der Waals surface area contributed by atoms with E-state index in [1.807, 2.05) is 24.3 Å². The zero-order chi connectivity index (χ0) is 22.2. The molecule has 6 aromatic carbocycles. The van der Waals surface area contributed by atoms with E-state index in [4.69, 9.17) is 4.65 Å². The number of hydrogen-bond acceptors (Lipinski definition) is 2. The fourth-order valence-electron chi connectivity index (χ4n) is 4.91. The Kier molecular flexibility index (Phi) is 4.82. The molecule has 0 unspecified atom stereocenters. The third-order valence-corrected chi connectivity index (χ3v) is 6.37. The molecule has 0 radical (unpaired) electrons. The third-order valence-electron chi connectivity index (χ3n) is 6.37. The fraction of sp³-hybridized carbons (Fsp3) is 0. The highest BCUT2D eigenvalue weighted by Gasteiger charge is 2.16. The molecule has 0 aromatic heterocycles. The Balaban J connectivity index is 1.58. The van der Waals surface area contributed by atoms with Crippen molar-refractivity contribution < 1.29 is 9.68 Å². The molecule has 0 bridgehead atoms. The van der Waals surface area contributed by atoms with Gasteiger partial charge in [-0.15, -0.1) is 0 Å². The molecule has 156 valence electrons.